The topological polar surface area (TPSA) is 55.2 Å². The number of nitro benzene ring substituents is 1. The first-order valence-electron chi connectivity index (χ1n) is 5.74. The van der Waals surface area contributed by atoms with E-state index in [1.165, 1.54) is 12.1 Å². The van der Waals surface area contributed by atoms with Gasteiger partial charge in [0.1, 0.15) is 0 Å². The highest BCUT2D eigenvalue weighted by molar-refractivity contribution is 7.98. The van der Waals surface area contributed by atoms with Crippen LogP contribution < -0.4 is 5.32 Å². The zero-order valence-electron chi connectivity index (χ0n) is 10.5. The molecule has 1 N–H and O–H groups in total. The SMILES string of the molecule is CCC(CSC)NCc1cccc([N+](=O)[O-])c1F. The summed E-state index contributed by atoms with van der Waals surface area (Å²) in [5, 5.41) is 13.8. The zero-order valence-corrected chi connectivity index (χ0v) is 11.3. The Morgan fingerprint density at radius 1 is 1.56 bits per heavy atom. The molecule has 4 nitrogen and oxygen atoms in total. The van der Waals surface area contributed by atoms with E-state index >= 15 is 0 Å². The van der Waals surface area contributed by atoms with E-state index < -0.39 is 16.4 Å². The van der Waals surface area contributed by atoms with E-state index in [1.54, 1.807) is 17.8 Å². The average Bonchev–Trinajstić information content (AvgIpc) is 2.35. The molecule has 1 unspecified atom stereocenters. The van der Waals surface area contributed by atoms with Gasteiger partial charge in [0.15, 0.2) is 0 Å². The molecule has 0 aliphatic rings. The van der Waals surface area contributed by atoms with Crippen LogP contribution in [-0.4, -0.2) is 23.0 Å². The summed E-state index contributed by atoms with van der Waals surface area (Å²) >= 11 is 1.72. The van der Waals surface area contributed by atoms with Gasteiger partial charge in [0.25, 0.3) is 0 Å². The van der Waals surface area contributed by atoms with E-state index in [1.807, 2.05) is 6.26 Å². The third kappa shape index (κ3) is 3.96. The lowest BCUT2D eigenvalue weighted by Crippen LogP contribution is -2.30. The molecule has 0 spiro atoms. The fraction of sp³-hybridized carbons (Fsp3) is 0.500. The molecule has 0 radical (unpaired) electrons. The molecule has 0 aromatic heterocycles. The molecule has 0 amide bonds. The van der Waals surface area contributed by atoms with Crippen molar-refractivity contribution in [2.45, 2.75) is 25.9 Å². The molecular formula is C12H17FN2O2S. The maximum absolute atomic E-state index is 13.8. The summed E-state index contributed by atoms with van der Waals surface area (Å²) < 4.78 is 13.8. The van der Waals surface area contributed by atoms with Crippen LogP contribution in [0.15, 0.2) is 18.2 Å². The number of nitrogens with zero attached hydrogens (tertiary/aromatic N) is 1. The molecule has 6 heteroatoms. The van der Waals surface area contributed by atoms with Gasteiger partial charge >= 0.3 is 5.69 Å². The molecule has 18 heavy (non-hydrogen) atoms. The predicted molar refractivity (Wildman–Crippen MR) is 72.4 cm³/mol. The molecule has 1 aromatic carbocycles. The summed E-state index contributed by atoms with van der Waals surface area (Å²) in [6.07, 6.45) is 2.95. The maximum Gasteiger partial charge on any atom is 0.305 e. The van der Waals surface area contributed by atoms with E-state index in [0.717, 1.165) is 12.2 Å². The van der Waals surface area contributed by atoms with Crippen molar-refractivity contribution in [3.8, 4) is 0 Å². The van der Waals surface area contributed by atoms with Crippen LogP contribution in [-0.2, 0) is 6.54 Å². The van der Waals surface area contributed by atoms with E-state index in [9.17, 15) is 14.5 Å². The molecule has 0 fully saturated rings. The Hall–Kier alpha value is -1.14. The molecule has 1 aromatic rings. The number of benzene rings is 1. The van der Waals surface area contributed by atoms with Gasteiger partial charge in [0, 0.05) is 30.0 Å². The highest BCUT2D eigenvalue weighted by atomic mass is 32.2. The quantitative estimate of drug-likeness (QED) is 0.612. The summed E-state index contributed by atoms with van der Waals surface area (Å²) in [5.41, 5.74) is -0.129. The molecule has 0 bridgehead atoms. The number of hydrogen-bond donors (Lipinski definition) is 1. The first-order chi connectivity index (χ1) is 8.60. The van der Waals surface area contributed by atoms with Gasteiger partial charge in [-0.3, -0.25) is 10.1 Å². The molecule has 0 aliphatic carbocycles. The fourth-order valence-corrected chi connectivity index (χ4v) is 2.38. The first kappa shape index (κ1) is 14.9. The number of rotatable bonds is 7. The summed E-state index contributed by atoms with van der Waals surface area (Å²) in [6, 6.07) is 4.55. The Morgan fingerprint density at radius 3 is 2.83 bits per heavy atom. The lowest BCUT2D eigenvalue weighted by atomic mass is 10.1. The molecule has 0 saturated heterocycles. The van der Waals surface area contributed by atoms with Gasteiger partial charge in [-0.2, -0.15) is 16.2 Å². The highest BCUT2D eigenvalue weighted by Gasteiger charge is 2.17. The summed E-state index contributed by atoms with van der Waals surface area (Å²) in [5.74, 6) is 0.196. The summed E-state index contributed by atoms with van der Waals surface area (Å²) in [6.45, 7) is 2.37. The van der Waals surface area contributed by atoms with Crippen molar-refractivity contribution in [3.05, 3.63) is 39.7 Å². The predicted octanol–water partition coefficient (Wildman–Crippen LogP) is 2.97. The molecule has 0 heterocycles. The lowest BCUT2D eigenvalue weighted by Gasteiger charge is -2.15. The largest absolute Gasteiger partial charge is 0.309 e. The van der Waals surface area contributed by atoms with Crippen molar-refractivity contribution in [1.82, 2.24) is 5.32 Å². The van der Waals surface area contributed by atoms with Crippen LogP contribution in [0.5, 0.6) is 0 Å². The third-order valence-electron chi connectivity index (χ3n) is 2.70. The van der Waals surface area contributed by atoms with Crippen molar-refractivity contribution in [2.24, 2.45) is 0 Å². The Kier molecular flexibility index (Phi) is 6.07. The minimum atomic E-state index is -0.742. The van der Waals surface area contributed by atoms with Crippen LogP contribution in [0.3, 0.4) is 0 Å². The fourth-order valence-electron chi connectivity index (χ4n) is 1.62. The molecule has 100 valence electrons. The smallest absolute Gasteiger partial charge is 0.305 e. The van der Waals surface area contributed by atoms with Crippen LogP contribution in [0.2, 0.25) is 0 Å². The Morgan fingerprint density at radius 2 is 2.28 bits per heavy atom. The Balaban J connectivity index is 2.73. The number of hydrogen-bond acceptors (Lipinski definition) is 4. The standard InChI is InChI=1S/C12H17FN2O2S/c1-3-10(8-18-2)14-7-9-5-4-6-11(12(9)13)15(16)17/h4-6,10,14H,3,7-8H2,1-2H3. The van der Waals surface area contributed by atoms with Crippen LogP contribution in [0.4, 0.5) is 10.1 Å². The molecule has 0 saturated carbocycles. The Labute approximate surface area is 110 Å². The minimum Gasteiger partial charge on any atom is -0.309 e. The minimum absolute atomic E-state index is 0.290. The zero-order chi connectivity index (χ0) is 13.5. The van der Waals surface area contributed by atoms with Gasteiger partial charge in [-0.05, 0) is 12.7 Å². The third-order valence-corrected chi connectivity index (χ3v) is 3.43. The molecule has 1 rings (SSSR count). The second-order valence-electron chi connectivity index (χ2n) is 3.95. The van der Waals surface area contributed by atoms with E-state index in [2.05, 4.69) is 12.2 Å². The van der Waals surface area contributed by atoms with Gasteiger partial charge < -0.3 is 5.32 Å². The normalized spacial score (nSPS) is 12.4. The van der Waals surface area contributed by atoms with Crippen molar-refractivity contribution in [1.29, 1.82) is 0 Å². The second kappa shape index (κ2) is 7.33. The summed E-state index contributed by atoms with van der Waals surface area (Å²) in [4.78, 5) is 9.92. The van der Waals surface area contributed by atoms with Crippen molar-refractivity contribution < 1.29 is 9.31 Å². The molecular weight excluding hydrogens is 255 g/mol. The number of halogens is 1. The van der Waals surface area contributed by atoms with Gasteiger partial charge in [-0.1, -0.05) is 19.1 Å². The monoisotopic (exact) mass is 272 g/mol. The Bertz CT molecular complexity index is 415. The molecule has 0 aliphatic heterocycles. The maximum atomic E-state index is 13.8. The van der Waals surface area contributed by atoms with Crippen molar-refractivity contribution in [2.75, 3.05) is 12.0 Å². The molecule has 1 atom stereocenters. The van der Waals surface area contributed by atoms with E-state index in [-0.39, 0.29) is 0 Å². The lowest BCUT2D eigenvalue weighted by molar-refractivity contribution is -0.387. The summed E-state index contributed by atoms with van der Waals surface area (Å²) in [7, 11) is 0. The van der Waals surface area contributed by atoms with Crippen molar-refractivity contribution in [3.63, 3.8) is 0 Å². The van der Waals surface area contributed by atoms with Crippen LogP contribution in [0.25, 0.3) is 0 Å². The number of nitro groups is 1. The first-order valence-corrected chi connectivity index (χ1v) is 7.13. The number of thioether (sulfide) groups is 1. The second-order valence-corrected chi connectivity index (χ2v) is 4.86. The van der Waals surface area contributed by atoms with Gasteiger partial charge in [0.05, 0.1) is 4.92 Å². The van der Waals surface area contributed by atoms with Gasteiger partial charge in [0.2, 0.25) is 5.82 Å². The van der Waals surface area contributed by atoms with Crippen molar-refractivity contribution >= 4 is 17.4 Å². The van der Waals surface area contributed by atoms with Crippen LogP contribution in [0.1, 0.15) is 18.9 Å². The van der Waals surface area contributed by atoms with E-state index in [0.29, 0.717) is 18.2 Å². The van der Waals surface area contributed by atoms with Crippen LogP contribution >= 0.6 is 11.8 Å². The highest BCUT2D eigenvalue weighted by Crippen LogP contribution is 2.20. The van der Waals surface area contributed by atoms with Gasteiger partial charge in [-0.15, -0.1) is 0 Å². The van der Waals surface area contributed by atoms with Gasteiger partial charge in [-0.25, -0.2) is 0 Å². The van der Waals surface area contributed by atoms with E-state index in [4.69, 9.17) is 0 Å². The van der Waals surface area contributed by atoms with Crippen LogP contribution in [0, 0.1) is 15.9 Å². The number of nitrogens with one attached hydrogen (secondary N) is 1. The average molecular weight is 272 g/mol.